The van der Waals surface area contributed by atoms with E-state index in [4.69, 9.17) is 0 Å². The summed E-state index contributed by atoms with van der Waals surface area (Å²) in [6.07, 6.45) is 2.24. The molecule has 5 heteroatoms. The first-order chi connectivity index (χ1) is 8.25. The van der Waals surface area contributed by atoms with Gasteiger partial charge in [-0.3, -0.25) is 9.59 Å². The summed E-state index contributed by atoms with van der Waals surface area (Å²) in [5, 5.41) is 6.87. The number of amides is 1. The molecule has 2 N–H and O–H groups in total. The molecule has 2 rings (SSSR count). The van der Waals surface area contributed by atoms with Crippen molar-refractivity contribution in [2.75, 3.05) is 6.54 Å². The summed E-state index contributed by atoms with van der Waals surface area (Å²) >= 11 is 1.64. The summed E-state index contributed by atoms with van der Waals surface area (Å²) in [4.78, 5) is 25.0. The Balaban J connectivity index is 1.85. The van der Waals surface area contributed by atoms with E-state index < -0.39 is 0 Å². The van der Waals surface area contributed by atoms with Gasteiger partial charge in [-0.15, -0.1) is 0 Å². The molecule has 0 saturated carbocycles. The molecule has 4 nitrogen and oxygen atoms in total. The Labute approximate surface area is 102 Å². The van der Waals surface area contributed by atoms with E-state index in [9.17, 15) is 9.59 Å². The van der Waals surface area contributed by atoms with Crippen LogP contribution < -0.4 is 10.9 Å². The van der Waals surface area contributed by atoms with Crippen molar-refractivity contribution in [3.8, 4) is 0 Å². The number of H-pyrrole nitrogens is 1. The molecule has 0 saturated heterocycles. The van der Waals surface area contributed by atoms with Crippen molar-refractivity contribution in [1.29, 1.82) is 0 Å². The highest BCUT2D eigenvalue weighted by molar-refractivity contribution is 7.07. The first-order valence-electron chi connectivity index (χ1n) is 5.24. The predicted octanol–water partition coefficient (Wildman–Crippen LogP) is 1.41. The van der Waals surface area contributed by atoms with E-state index in [1.165, 1.54) is 23.9 Å². The fraction of sp³-hybridized carbons (Fsp3) is 0.167. The molecule has 0 aliphatic heterocycles. The van der Waals surface area contributed by atoms with E-state index in [1.54, 1.807) is 11.3 Å². The van der Waals surface area contributed by atoms with Crippen molar-refractivity contribution >= 4 is 17.2 Å². The summed E-state index contributed by atoms with van der Waals surface area (Å²) < 4.78 is 0. The minimum absolute atomic E-state index is 0.170. The van der Waals surface area contributed by atoms with Crippen LogP contribution in [-0.4, -0.2) is 17.4 Å². The third-order valence-electron chi connectivity index (χ3n) is 2.33. The van der Waals surface area contributed by atoms with Crippen molar-refractivity contribution in [1.82, 2.24) is 10.3 Å². The van der Waals surface area contributed by atoms with Gasteiger partial charge in [0.1, 0.15) is 0 Å². The van der Waals surface area contributed by atoms with Crippen molar-refractivity contribution in [3.05, 3.63) is 56.6 Å². The molecule has 0 fully saturated rings. The number of hydrogen-bond acceptors (Lipinski definition) is 3. The standard InChI is InChI=1S/C12H12N2O2S/c15-11-2-1-10(7-14-11)12(16)13-5-3-9-4-6-17-8-9/h1-2,4,6-8H,3,5H2,(H,13,16)(H,14,15). The lowest BCUT2D eigenvalue weighted by molar-refractivity contribution is 0.0954. The van der Waals surface area contributed by atoms with E-state index in [-0.39, 0.29) is 11.5 Å². The Hall–Kier alpha value is -1.88. The molecule has 0 aliphatic rings. The molecule has 2 aromatic rings. The maximum absolute atomic E-state index is 11.7. The lowest BCUT2D eigenvalue weighted by Gasteiger charge is -2.03. The van der Waals surface area contributed by atoms with Gasteiger partial charge in [0.05, 0.1) is 5.56 Å². The zero-order valence-electron chi connectivity index (χ0n) is 9.10. The number of carbonyl (C=O) groups is 1. The quantitative estimate of drug-likeness (QED) is 0.859. The largest absolute Gasteiger partial charge is 0.352 e. The van der Waals surface area contributed by atoms with Gasteiger partial charge in [0.15, 0.2) is 0 Å². The topological polar surface area (TPSA) is 62.0 Å². The molecule has 2 aromatic heterocycles. The number of nitrogens with one attached hydrogen (secondary N) is 2. The zero-order chi connectivity index (χ0) is 12.1. The smallest absolute Gasteiger partial charge is 0.252 e. The van der Waals surface area contributed by atoms with E-state index in [2.05, 4.69) is 15.7 Å². The van der Waals surface area contributed by atoms with Gasteiger partial charge in [-0.25, -0.2) is 0 Å². The highest BCUT2D eigenvalue weighted by atomic mass is 32.1. The summed E-state index contributed by atoms with van der Waals surface area (Å²) in [5.74, 6) is -0.170. The summed E-state index contributed by atoms with van der Waals surface area (Å²) in [6.45, 7) is 0.592. The molecule has 2 heterocycles. The first kappa shape index (κ1) is 11.6. The Bertz CT molecular complexity index is 525. The molecule has 1 amide bonds. The van der Waals surface area contributed by atoms with E-state index >= 15 is 0 Å². The summed E-state index contributed by atoms with van der Waals surface area (Å²) in [5.41, 5.74) is 1.48. The summed E-state index contributed by atoms with van der Waals surface area (Å²) in [7, 11) is 0. The second kappa shape index (κ2) is 5.45. The van der Waals surface area contributed by atoms with Crippen LogP contribution in [-0.2, 0) is 6.42 Å². The molecule has 0 radical (unpaired) electrons. The molecule has 88 valence electrons. The minimum atomic E-state index is -0.208. The van der Waals surface area contributed by atoms with Crippen molar-refractivity contribution in [2.24, 2.45) is 0 Å². The van der Waals surface area contributed by atoms with Crippen LogP contribution >= 0.6 is 11.3 Å². The van der Waals surface area contributed by atoms with Crippen molar-refractivity contribution < 1.29 is 4.79 Å². The van der Waals surface area contributed by atoms with Crippen LogP contribution in [0.3, 0.4) is 0 Å². The van der Waals surface area contributed by atoms with Gasteiger partial charge in [-0.2, -0.15) is 11.3 Å². The Kier molecular flexibility index (Phi) is 3.72. The Morgan fingerprint density at radius 1 is 1.35 bits per heavy atom. The number of aromatic amines is 1. The molecule has 0 unspecified atom stereocenters. The highest BCUT2D eigenvalue weighted by Gasteiger charge is 2.04. The molecule has 0 aromatic carbocycles. The Morgan fingerprint density at radius 2 is 2.24 bits per heavy atom. The second-order valence-corrected chi connectivity index (χ2v) is 4.36. The molecule has 17 heavy (non-hydrogen) atoms. The minimum Gasteiger partial charge on any atom is -0.352 e. The van der Waals surface area contributed by atoms with Crippen LogP contribution in [0.1, 0.15) is 15.9 Å². The van der Waals surface area contributed by atoms with Crippen molar-refractivity contribution in [2.45, 2.75) is 6.42 Å². The second-order valence-electron chi connectivity index (χ2n) is 3.58. The van der Waals surface area contributed by atoms with E-state index in [0.29, 0.717) is 12.1 Å². The van der Waals surface area contributed by atoms with Gasteiger partial charge in [0.25, 0.3) is 5.91 Å². The molecular formula is C12H12N2O2S. The van der Waals surface area contributed by atoms with Crippen LogP contribution in [0.2, 0.25) is 0 Å². The Morgan fingerprint density at radius 3 is 2.88 bits per heavy atom. The zero-order valence-corrected chi connectivity index (χ0v) is 9.92. The van der Waals surface area contributed by atoms with Crippen LogP contribution in [0.15, 0.2) is 40.0 Å². The molecular weight excluding hydrogens is 236 g/mol. The number of rotatable bonds is 4. The van der Waals surface area contributed by atoms with E-state index in [1.807, 2.05) is 11.4 Å². The third kappa shape index (κ3) is 3.29. The fourth-order valence-corrected chi connectivity index (χ4v) is 2.11. The molecule has 0 bridgehead atoms. The maximum Gasteiger partial charge on any atom is 0.252 e. The predicted molar refractivity (Wildman–Crippen MR) is 67.4 cm³/mol. The van der Waals surface area contributed by atoms with Crippen LogP contribution in [0.25, 0.3) is 0 Å². The van der Waals surface area contributed by atoms with Gasteiger partial charge < -0.3 is 10.3 Å². The average Bonchev–Trinajstić information content (AvgIpc) is 2.83. The molecule has 0 spiro atoms. The van der Waals surface area contributed by atoms with Gasteiger partial charge in [-0.05, 0) is 34.9 Å². The maximum atomic E-state index is 11.7. The van der Waals surface area contributed by atoms with Gasteiger partial charge >= 0.3 is 0 Å². The lowest BCUT2D eigenvalue weighted by Crippen LogP contribution is -2.26. The van der Waals surface area contributed by atoms with Gasteiger partial charge in [0.2, 0.25) is 5.56 Å². The number of thiophene rings is 1. The normalized spacial score (nSPS) is 10.1. The third-order valence-corrected chi connectivity index (χ3v) is 3.06. The monoisotopic (exact) mass is 248 g/mol. The number of hydrogen-bond donors (Lipinski definition) is 2. The SMILES string of the molecule is O=C(NCCc1ccsc1)c1ccc(=O)[nH]c1. The average molecular weight is 248 g/mol. The van der Waals surface area contributed by atoms with Gasteiger partial charge in [-0.1, -0.05) is 0 Å². The number of carbonyl (C=O) groups excluding carboxylic acids is 1. The number of aromatic nitrogens is 1. The van der Waals surface area contributed by atoms with Crippen LogP contribution in [0, 0.1) is 0 Å². The molecule has 0 atom stereocenters. The van der Waals surface area contributed by atoms with Crippen molar-refractivity contribution in [3.63, 3.8) is 0 Å². The summed E-state index contributed by atoms with van der Waals surface area (Å²) in [6, 6.07) is 4.89. The lowest BCUT2D eigenvalue weighted by atomic mass is 10.2. The van der Waals surface area contributed by atoms with E-state index in [0.717, 1.165) is 6.42 Å². The van der Waals surface area contributed by atoms with Crippen LogP contribution in [0.5, 0.6) is 0 Å². The highest BCUT2D eigenvalue weighted by Crippen LogP contribution is 2.05. The van der Waals surface area contributed by atoms with Gasteiger partial charge in [0, 0.05) is 18.8 Å². The number of pyridine rings is 1. The molecule has 0 aliphatic carbocycles. The fourth-order valence-electron chi connectivity index (χ4n) is 1.41. The first-order valence-corrected chi connectivity index (χ1v) is 6.18. The van der Waals surface area contributed by atoms with Crippen LogP contribution in [0.4, 0.5) is 0 Å².